The molecule has 1 saturated carbocycles. The van der Waals surface area contributed by atoms with E-state index in [2.05, 4.69) is 52.5 Å². The second-order valence-corrected chi connectivity index (χ2v) is 10.5. The van der Waals surface area contributed by atoms with Crippen molar-refractivity contribution in [3.05, 3.63) is 84.8 Å². The third kappa shape index (κ3) is 5.29. The molecule has 1 saturated heterocycles. The van der Waals surface area contributed by atoms with Crippen molar-refractivity contribution in [2.24, 2.45) is 0 Å². The van der Waals surface area contributed by atoms with Gasteiger partial charge in [-0.1, -0.05) is 18.2 Å². The number of hydrogen-bond acceptors (Lipinski definition) is 6. The van der Waals surface area contributed by atoms with Gasteiger partial charge in [0.25, 0.3) is 5.91 Å². The SMILES string of the molecule is CN(C)[C@H]1CCN(C(=O)c2ccc(-c3cncc(-c4cc(NC5CC5)nc(-c5ccccn5)c4)c3)cc2)C1. The van der Waals surface area contributed by atoms with Crippen molar-refractivity contribution < 1.29 is 4.79 Å². The molecule has 38 heavy (non-hydrogen) atoms. The van der Waals surface area contributed by atoms with Crippen molar-refractivity contribution >= 4 is 11.7 Å². The Morgan fingerprint density at radius 3 is 2.37 bits per heavy atom. The predicted octanol–water partition coefficient (Wildman–Crippen LogP) is 5.22. The Hall–Kier alpha value is -4.10. The van der Waals surface area contributed by atoms with Gasteiger partial charge < -0.3 is 15.1 Å². The van der Waals surface area contributed by atoms with Crippen molar-refractivity contribution in [1.82, 2.24) is 24.8 Å². The summed E-state index contributed by atoms with van der Waals surface area (Å²) >= 11 is 0. The lowest BCUT2D eigenvalue weighted by atomic mass is 10.0. The molecule has 1 aliphatic carbocycles. The summed E-state index contributed by atoms with van der Waals surface area (Å²) in [4.78, 5) is 31.1. The number of nitrogens with one attached hydrogen (secondary N) is 1. The summed E-state index contributed by atoms with van der Waals surface area (Å²) in [6, 6.07) is 21.0. The molecule has 1 aliphatic heterocycles. The van der Waals surface area contributed by atoms with E-state index in [1.165, 1.54) is 12.8 Å². The number of carbonyl (C=O) groups is 1. The molecule has 7 heteroatoms. The van der Waals surface area contributed by atoms with Crippen molar-refractivity contribution in [3.8, 4) is 33.6 Å². The molecule has 6 rings (SSSR count). The van der Waals surface area contributed by atoms with Crippen LogP contribution < -0.4 is 5.32 Å². The molecule has 192 valence electrons. The van der Waals surface area contributed by atoms with Gasteiger partial charge in [0, 0.05) is 60.5 Å². The zero-order valence-corrected chi connectivity index (χ0v) is 21.8. The van der Waals surface area contributed by atoms with Gasteiger partial charge in [0.1, 0.15) is 5.82 Å². The molecule has 1 amide bonds. The second-order valence-electron chi connectivity index (χ2n) is 10.5. The number of carbonyl (C=O) groups excluding carboxylic acids is 1. The zero-order valence-electron chi connectivity index (χ0n) is 21.8. The number of benzene rings is 1. The first-order valence-electron chi connectivity index (χ1n) is 13.2. The van der Waals surface area contributed by atoms with E-state index in [9.17, 15) is 4.79 Å². The lowest BCUT2D eigenvalue weighted by Crippen LogP contribution is -2.34. The Bertz CT molecular complexity index is 1430. The minimum absolute atomic E-state index is 0.0994. The molecular formula is C31H32N6O. The molecule has 0 spiro atoms. The van der Waals surface area contributed by atoms with Crippen molar-refractivity contribution in [2.75, 3.05) is 32.5 Å². The van der Waals surface area contributed by atoms with Gasteiger partial charge in [0.2, 0.25) is 0 Å². The number of anilines is 1. The van der Waals surface area contributed by atoms with E-state index < -0.39 is 0 Å². The molecule has 0 unspecified atom stereocenters. The van der Waals surface area contributed by atoms with E-state index in [1.807, 2.05) is 59.8 Å². The van der Waals surface area contributed by atoms with Gasteiger partial charge in [-0.15, -0.1) is 0 Å². The van der Waals surface area contributed by atoms with Crippen LogP contribution in [0.1, 0.15) is 29.6 Å². The van der Waals surface area contributed by atoms with Crippen LogP contribution in [-0.2, 0) is 0 Å². The highest BCUT2D eigenvalue weighted by Crippen LogP contribution is 2.32. The lowest BCUT2D eigenvalue weighted by Gasteiger charge is -2.20. The van der Waals surface area contributed by atoms with Gasteiger partial charge in [0.05, 0.1) is 11.4 Å². The molecule has 1 atom stereocenters. The van der Waals surface area contributed by atoms with Crippen LogP contribution in [0.2, 0.25) is 0 Å². The number of pyridine rings is 3. The maximum absolute atomic E-state index is 13.0. The number of rotatable bonds is 7. The minimum atomic E-state index is 0.0994. The third-order valence-corrected chi connectivity index (χ3v) is 7.40. The van der Waals surface area contributed by atoms with E-state index in [-0.39, 0.29) is 5.91 Å². The molecule has 0 radical (unpaired) electrons. The summed E-state index contributed by atoms with van der Waals surface area (Å²) in [5, 5.41) is 3.53. The van der Waals surface area contributed by atoms with Crippen LogP contribution in [0.25, 0.3) is 33.6 Å². The quantitative estimate of drug-likeness (QED) is 0.372. The van der Waals surface area contributed by atoms with Crippen LogP contribution in [0.4, 0.5) is 5.82 Å². The number of aromatic nitrogens is 3. The molecule has 2 fully saturated rings. The van der Waals surface area contributed by atoms with Crippen LogP contribution in [0.5, 0.6) is 0 Å². The van der Waals surface area contributed by atoms with Crippen LogP contribution >= 0.6 is 0 Å². The van der Waals surface area contributed by atoms with E-state index in [1.54, 1.807) is 6.20 Å². The topological polar surface area (TPSA) is 74.2 Å². The maximum Gasteiger partial charge on any atom is 0.253 e. The number of likely N-dealkylation sites (tertiary alicyclic amines) is 1. The molecule has 0 bridgehead atoms. The van der Waals surface area contributed by atoms with Gasteiger partial charge >= 0.3 is 0 Å². The lowest BCUT2D eigenvalue weighted by molar-refractivity contribution is 0.0783. The average Bonchev–Trinajstić information content (AvgIpc) is 3.63. The number of likely N-dealkylation sites (N-methyl/N-ethyl adjacent to an activating group) is 1. The Morgan fingerprint density at radius 1 is 0.895 bits per heavy atom. The van der Waals surface area contributed by atoms with Gasteiger partial charge in [-0.3, -0.25) is 14.8 Å². The molecule has 4 aromatic rings. The van der Waals surface area contributed by atoms with Crippen LogP contribution in [0.15, 0.2) is 79.3 Å². The summed E-state index contributed by atoms with van der Waals surface area (Å²) in [6.45, 7) is 1.59. The molecular weight excluding hydrogens is 472 g/mol. The van der Waals surface area contributed by atoms with Gasteiger partial charge in [-0.2, -0.15) is 0 Å². The standard InChI is InChI=1S/C31H32N6O/c1-36(2)27-12-14-37(20-27)31(38)22-8-6-21(7-9-22)24-15-25(19-32-18-24)23-16-29(28-5-3-4-13-33-28)35-30(17-23)34-26-10-11-26/h3-9,13,15-19,26-27H,10-12,14,20H2,1-2H3,(H,34,35)/t27-/m0/s1. The van der Waals surface area contributed by atoms with E-state index >= 15 is 0 Å². The highest BCUT2D eigenvalue weighted by atomic mass is 16.2. The van der Waals surface area contributed by atoms with Crippen LogP contribution in [0.3, 0.4) is 0 Å². The van der Waals surface area contributed by atoms with Crippen LogP contribution in [0, 0.1) is 0 Å². The van der Waals surface area contributed by atoms with Crippen LogP contribution in [-0.4, -0.2) is 69.9 Å². The van der Waals surface area contributed by atoms with Crippen molar-refractivity contribution in [1.29, 1.82) is 0 Å². The molecule has 7 nitrogen and oxygen atoms in total. The molecule has 1 N–H and O–H groups in total. The van der Waals surface area contributed by atoms with Crippen molar-refractivity contribution in [3.63, 3.8) is 0 Å². The molecule has 2 aliphatic rings. The van der Waals surface area contributed by atoms with Gasteiger partial charge in [0.15, 0.2) is 0 Å². The number of nitrogens with zero attached hydrogens (tertiary/aromatic N) is 5. The third-order valence-electron chi connectivity index (χ3n) is 7.40. The Kier molecular flexibility index (Phi) is 6.60. The second kappa shape index (κ2) is 10.3. The first kappa shape index (κ1) is 24.2. The first-order valence-corrected chi connectivity index (χ1v) is 13.2. The first-order chi connectivity index (χ1) is 18.5. The summed E-state index contributed by atoms with van der Waals surface area (Å²) in [5.74, 6) is 0.958. The van der Waals surface area contributed by atoms with Gasteiger partial charge in [-0.05, 0) is 86.9 Å². The predicted molar refractivity (Wildman–Crippen MR) is 151 cm³/mol. The summed E-state index contributed by atoms with van der Waals surface area (Å²) < 4.78 is 0. The van der Waals surface area contributed by atoms with E-state index in [0.29, 0.717) is 12.1 Å². The molecule has 3 aromatic heterocycles. The number of hydrogen-bond donors (Lipinski definition) is 1. The average molecular weight is 505 g/mol. The fraction of sp³-hybridized carbons (Fsp3) is 0.290. The van der Waals surface area contributed by atoms with Crippen molar-refractivity contribution in [2.45, 2.75) is 31.3 Å². The molecule has 4 heterocycles. The fourth-order valence-corrected chi connectivity index (χ4v) is 4.94. The largest absolute Gasteiger partial charge is 0.367 e. The maximum atomic E-state index is 13.0. The minimum Gasteiger partial charge on any atom is -0.367 e. The normalized spacial score (nSPS) is 17.1. The smallest absolute Gasteiger partial charge is 0.253 e. The fourth-order valence-electron chi connectivity index (χ4n) is 4.94. The highest BCUT2D eigenvalue weighted by molar-refractivity contribution is 5.95. The summed E-state index contributed by atoms with van der Waals surface area (Å²) in [7, 11) is 4.15. The Morgan fingerprint density at radius 2 is 1.68 bits per heavy atom. The summed E-state index contributed by atoms with van der Waals surface area (Å²) in [6.07, 6.45) is 8.91. The molecule has 1 aromatic carbocycles. The summed E-state index contributed by atoms with van der Waals surface area (Å²) in [5.41, 5.74) is 6.47. The monoisotopic (exact) mass is 504 g/mol. The van der Waals surface area contributed by atoms with E-state index in [0.717, 1.165) is 64.5 Å². The zero-order chi connectivity index (χ0) is 26.1. The highest BCUT2D eigenvalue weighted by Gasteiger charge is 2.28. The number of amides is 1. The van der Waals surface area contributed by atoms with Gasteiger partial charge in [-0.25, -0.2) is 4.98 Å². The Labute approximate surface area is 223 Å². The van der Waals surface area contributed by atoms with E-state index in [4.69, 9.17) is 4.98 Å². The Balaban J connectivity index is 1.26.